The number of imidazole rings is 1. The van der Waals surface area contributed by atoms with Gasteiger partial charge in [-0.15, -0.1) is 0 Å². The molecule has 116 valence electrons. The summed E-state index contributed by atoms with van der Waals surface area (Å²) >= 11 is 0. The van der Waals surface area contributed by atoms with Crippen molar-refractivity contribution in [3.63, 3.8) is 0 Å². The van der Waals surface area contributed by atoms with Gasteiger partial charge in [-0.2, -0.15) is 0 Å². The Kier molecular flexibility index (Phi) is 3.67. The number of nitrogens with zero attached hydrogens (tertiary/aromatic N) is 3. The van der Waals surface area contributed by atoms with Gasteiger partial charge in [0.2, 0.25) is 0 Å². The highest BCUT2D eigenvalue weighted by atomic mass is 15.1. The first kappa shape index (κ1) is 14.4. The molecule has 4 aromatic rings. The van der Waals surface area contributed by atoms with E-state index in [1.54, 1.807) is 0 Å². The molecule has 1 aromatic heterocycles. The topological polar surface area (TPSA) is 30.2 Å². The highest BCUT2D eigenvalue weighted by molar-refractivity contribution is 5.85. The summed E-state index contributed by atoms with van der Waals surface area (Å²) in [6.45, 7) is 2.03. The lowest BCUT2D eigenvalue weighted by molar-refractivity contribution is 1.00. The maximum Gasteiger partial charge on any atom is 0.111 e. The minimum atomic E-state index is 0.907. The molecule has 0 aliphatic carbocycles. The van der Waals surface area contributed by atoms with Crippen molar-refractivity contribution in [1.29, 1.82) is 0 Å². The summed E-state index contributed by atoms with van der Waals surface area (Å²) in [7, 11) is 0. The maximum atomic E-state index is 4.69. The monoisotopic (exact) mass is 311 g/mol. The number of para-hydroxylation sites is 1. The lowest BCUT2D eigenvalue weighted by Gasteiger charge is -2.06. The predicted octanol–water partition coefficient (Wildman–Crippen LogP) is 5.08. The first-order chi connectivity index (χ1) is 11.8. The van der Waals surface area contributed by atoms with Crippen LogP contribution in [-0.2, 0) is 0 Å². The smallest absolute Gasteiger partial charge is 0.111 e. The zero-order chi connectivity index (χ0) is 16.4. The van der Waals surface area contributed by atoms with Crippen molar-refractivity contribution in [3.8, 4) is 5.69 Å². The number of hydrogen-bond donors (Lipinski definition) is 0. The Hall–Kier alpha value is -3.20. The van der Waals surface area contributed by atoms with Crippen molar-refractivity contribution in [2.24, 2.45) is 4.99 Å². The van der Waals surface area contributed by atoms with Gasteiger partial charge in [0.1, 0.15) is 5.82 Å². The summed E-state index contributed by atoms with van der Waals surface area (Å²) in [6, 6.07) is 26.5. The van der Waals surface area contributed by atoms with Gasteiger partial charge < -0.3 is 0 Å². The highest BCUT2D eigenvalue weighted by Crippen LogP contribution is 2.25. The molecule has 3 heteroatoms. The van der Waals surface area contributed by atoms with Gasteiger partial charge in [0.25, 0.3) is 0 Å². The number of rotatable bonds is 3. The van der Waals surface area contributed by atoms with E-state index in [4.69, 9.17) is 4.98 Å². The van der Waals surface area contributed by atoms with Crippen LogP contribution in [0.2, 0.25) is 0 Å². The van der Waals surface area contributed by atoms with Crippen LogP contribution in [0.15, 0.2) is 83.9 Å². The first-order valence-electron chi connectivity index (χ1n) is 7.95. The molecule has 0 atom stereocenters. The molecule has 0 amide bonds. The van der Waals surface area contributed by atoms with E-state index in [0.29, 0.717) is 0 Å². The van der Waals surface area contributed by atoms with Gasteiger partial charge in [0.05, 0.1) is 16.7 Å². The average Bonchev–Trinajstić information content (AvgIpc) is 2.96. The summed E-state index contributed by atoms with van der Waals surface area (Å²) in [5, 5.41) is 0. The second-order valence-electron chi connectivity index (χ2n) is 5.67. The first-order valence-corrected chi connectivity index (χ1v) is 7.95. The van der Waals surface area contributed by atoms with Crippen LogP contribution in [0.5, 0.6) is 0 Å². The number of hydrogen-bond acceptors (Lipinski definition) is 2. The van der Waals surface area contributed by atoms with Crippen LogP contribution in [0, 0.1) is 6.92 Å². The van der Waals surface area contributed by atoms with Crippen molar-refractivity contribution in [2.75, 3.05) is 0 Å². The number of aliphatic imine (C=N–C) groups is 1. The molecule has 0 aliphatic heterocycles. The summed E-state index contributed by atoms with van der Waals surface area (Å²) in [4.78, 5) is 9.26. The van der Waals surface area contributed by atoms with Crippen LogP contribution >= 0.6 is 0 Å². The normalized spacial score (nSPS) is 11.4. The third-order valence-corrected chi connectivity index (χ3v) is 3.98. The fourth-order valence-corrected chi connectivity index (χ4v) is 2.86. The number of fused-ring (bicyclic) bond motifs is 1. The molecule has 4 rings (SSSR count). The van der Waals surface area contributed by atoms with E-state index >= 15 is 0 Å². The van der Waals surface area contributed by atoms with Gasteiger partial charge in [0.15, 0.2) is 0 Å². The van der Waals surface area contributed by atoms with Gasteiger partial charge in [-0.3, -0.25) is 9.56 Å². The Morgan fingerprint density at radius 3 is 2.33 bits per heavy atom. The SMILES string of the molecule is Cc1nc2cc(N=Cc3ccccc3)ccc2n1-c1ccccc1. The molecular weight excluding hydrogens is 294 g/mol. The van der Waals surface area contributed by atoms with Gasteiger partial charge in [-0.1, -0.05) is 48.5 Å². The molecule has 0 radical (unpaired) electrons. The molecule has 0 aliphatic rings. The third kappa shape index (κ3) is 2.72. The minimum absolute atomic E-state index is 0.907. The molecule has 24 heavy (non-hydrogen) atoms. The Labute approximate surface area is 140 Å². The highest BCUT2D eigenvalue weighted by Gasteiger charge is 2.09. The van der Waals surface area contributed by atoms with E-state index in [2.05, 4.69) is 27.8 Å². The maximum absolute atomic E-state index is 4.69. The van der Waals surface area contributed by atoms with Gasteiger partial charge in [-0.25, -0.2) is 4.98 Å². The molecule has 0 bridgehead atoms. The molecular formula is C21H17N3. The standard InChI is InChI=1S/C21H17N3/c1-16-23-20-14-18(22-15-17-8-4-2-5-9-17)12-13-21(20)24(16)19-10-6-3-7-11-19/h2-15H,1H3. The molecule has 1 heterocycles. The average molecular weight is 311 g/mol. The summed E-state index contributed by atoms with van der Waals surface area (Å²) in [5.74, 6) is 0.973. The van der Waals surface area contributed by atoms with Crippen LogP contribution in [0.3, 0.4) is 0 Å². The van der Waals surface area contributed by atoms with Crippen LogP contribution < -0.4 is 0 Å². The summed E-state index contributed by atoms with van der Waals surface area (Å²) < 4.78 is 2.17. The predicted molar refractivity (Wildman–Crippen MR) is 99.5 cm³/mol. The zero-order valence-electron chi connectivity index (χ0n) is 13.4. The van der Waals surface area contributed by atoms with Crippen molar-refractivity contribution in [1.82, 2.24) is 9.55 Å². The Bertz CT molecular complexity index is 999. The number of aromatic nitrogens is 2. The van der Waals surface area contributed by atoms with Crippen molar-refractivity contribution < 1.29 is 0 Å². The van der Waals surface area contributed by atoms with Crippen molar-refractivity contribution in [2.45, 2.75) is 6.92 Å². The third-order valence-electron chi connectivity index (χ3n) is 3.98. The second-order valence-corrected chi connectivity index (χ2v) is 5.67. The largest absolute Gasteiger partial charge is 0.297 e. The van der Waals surface area contributed by atoms with E-state index in [0.717, 1.165) is 33.8 Å². The molecule has 0 saturated carbocycles. The molecule has 0 unspecified atom stereocenters. The number of benzene rings is 3. The lowest BCUT2D eigenvalue weighted by atomic mass is 10.2. The summed E-state index contributed by atoms with van der Waals surface area (Å²) in [5.41, 5.74) is 5.17. The Morgan fingerprint density at radius 2 is 1.58 bits per heavy atom. The second kappa shape index (κ2) is 6.13. The number of aryl methyl sites for hydroxylation is 1. The zero-order valence-corrected chi connectivity index (χ0v) is 13.4. The Morgan fingerprint density at radius 1 is 0.875 bits per heavy atom. The van der Waals surface area contributed by atoms with E-state index < -0.39 is 0 Å². The van der Waals surface area contributed by atoms with Gasteiger partial charge >= 0.3 is 0 Å². The fourth-order valence-electron chi connectivity index (χ4n) is 2.86. The quantitative estimate of drug-likeness (QED) is 0.485. The lowest BCUT2D eigenvalue weighted by Crippen LogP contribution is -1.95. The van der Waals surface area contributed by atoms with Crippen LogP contribution in [0.4, 0.5) is 5.69 Å². The van der Waals surface area contributed by atoms with Gasteiger partial charge in [-0.05, 0) is 42.8 Å². The molecule has 0 fully saturated rings. The van der Waals surface area contributed by atoms with Crippen molar-refractivity contribution >= 4 is 22.9 Å². The molecule has 0 spiro atoms. The minimum Gasteiger partial charge on any atom is -0.297 e. The molecule has 3 nitrogen and oxygen atoms in total. The molecule has 0 N–H and O–H groups in total. The van der Waals surface area contributed by atoms with Crippen LogP contribution in [-0.4, -0.2) is 15.8 Å². The molecule has 3 aromatic carbocycles. The molecule has 0 saturated heterocycles. The van der Waals surface area contributed by atoms with Crippen LogP contribution in [0.25, 0.3) is 16.7 Å². The van der Waals surface area contributed by atoms with Crippen LogP contribution in [0.1, 0.15) is 11.4 Å². The van der Waals surface area contributed by atoms with E-state index in [9.17, 15) is 0 Å². The Balaban J connectivity index is 1.74. The van der Waals surface area contributed by atoms with E-state index in [1.165, 1.54) is 0 Å². The van der Waals surface area contributed by atoms with Crippen molar-refractivity contribution in [3.05, 3.63) is 90.3 Å². The summed E-state index contributed by atoms with van der Waals surface area (Å²) in [6.07, 6.45) is 1.88. The van der Waals surface area contributed by atoms with E-state index in [1.807, 2.05) is 73.8 Å². The van der Waals surface area contributed by atoms with Gasteiger partial charge in [0, 0.05) is 11.9 Å². The van der Waals surface area contributed by atoms with E-state index in [-0.39, 0.29) is 0 Å². The fraction of sp³-hybridized carbons (Fsp3) is 0.0476.